The molecule has 1 N–H and O–H groups in total. The van der Waals surface area contributed by atoms with Crippen molar-refractivity contribution in [3.05, 3.63) is 58.6 Å². The zero-order chi connectivity index (χ0) is 17.3. The molecular formula is C16H11N3O3S3. The third-order valence-corrected chi connectivity index (χ3v) is 6.81. The summed E-state index contributed by atoms with van der Waals surface area (Å²) in [6, 6.07) is 12.0. The molecule has 4 aromatic rings. The number of nitrogens with zero attached hydrogens (tertiary/aromatic N) is 2. The summed E-state index contributed by atoms with van der Waals surface area (Å²) in [5.74, 6) is 0.910. The third kappa shape index (κ3) is 3.34. The second kappa shape index (κ2) is 6.43. The Balaban J connectivity index is 1.55. The highest BCUT2D eigenvalue weighted by atomic mass is 32.2. The molecule has 0 saturated heterocycles. The Bertz CT molecular complexity index is 1070. The predicted molar refractivity (Wildman–Crippen MR) is 98.2 cm³/mol. The fourth-order valence-corrected chi connectivity index (χ4v) is 4.83. The highest BCUT2D eigenvalue weighted by Gasteiger charge is 2.15. The molecule has 3 heterocycles. The second-order valence-electron chi connectivity index (χ2n) is 5.05. The van der Waals surface area contributed by atoms with E-state index >= 15 is 0 Å². The molecule has 4 rings (SSSR count). The molecule has 0 radical (unpaired) electrons. The highest BCUT2D eigenvalue weighted by Crippen LogP contribution is 2.26. The van der Waals surface area contributed by atoms with Gasteiger partial charge in [0.1, 0.15) is 4.21 Å². The molecule has 25 heavy (non-hydrogen) atoms. The summed E-state index contributed by atoms with van der Waals surface area (Å²) in [6.07, 6.45) is 0. The molecule has 0 saturated carbocycles. The van der Waals surface area contributed by atoms with E-state index in [4.69, 9.17) is 4.52 Å². The molecule has 1 aromatic carbocycles. The predicted octanol–water partition coefficient (Wildman–Crippen LogP) is 4.33. The van der Waals surface area contributed by atoms with Crippen LogP contribution in [0.2, 0.25) is 0 Å². The molecule has 9 heteroatoms. The lowest BCUT2D eigenvalue weighted by atomic mass is 10.2. The molecule has 0 aliphatic carbocycles. The van der Waals surface area contributed by atoms with Gasteiger partial charge in [0.05, 0.1) is 5.56 Å². The minimum Gasteiger partial charge on any atom is -0.334 e. The lowest BCUT2D eigenvalue weighted by Crippen LogP contribution is -2.11. The van der Waals surface area contributed by atoms with Crippen LogP contribution in [0.25, 0.3) is 22.8 Å². The number of sulfonamides is 1. The lowest BCUT2D eigenvalue weighted by Gasteiger charge is -2.06. The highest BCUT2D eigenvalue weighted by molar-refractivity contribution is 7.94. The van der Waals surface area contributed by atoms with Crippen molar-refractivity contribution in [2.45, 2.75) is 4.21 Å². The first-order chi connectivity index (χ1) is 12.1. The van der Waals surface area contributed by atoms with Crippen molar-refractivity contribution in [3.63, 3.8) is 0 Å². The fraction of sp³-hybridized carbons (Fsp3) is 0. The molecule has 6 nitrogen and oxygen atoms in total. The van der Waals surface area contributed by atoms with E-state index in [1.807, 2.05) is 16.8 Å². The van der Waals surface area contributed by atoms with Crippen LogP contribution in [0, 0.1) is 0 Å². The zero-order valence-corrected chi connectivity index (χ0v) is 15.1. The van der Waals surface area contributed by atoms with Crippen LogP contribution in [0.5, 0.6) is 0 Å². The van der Waals surface area contributed by atoms with Crippen LogP contribution in [0.4, 0.5) is 5.69 Å². The van der Waals surface area contributed by atoms with Crippen LogP contribution in [-0.2, 0) is 10.0 Å². The van der Waals surface area contributed by atoms with Crippen molar-refractivity contribution in [2.75, 3.05) is 4.72 Å². The zero-order valence-electron chi connectivity index (χ0n) is 12.6. The Morgan fingerprint density at radius 2 is 1.84 bits per heavy atom. The molecule has 126 valence electrons. The van der Waals surface area contributed by atoms with Gasteiger partial charge in [-0.3, -0.25) is 4.72 Å². The van der Waals surface area contributed by atoms with E-state index in [0.29, 0.717) is 17.4 Å². The van der Waals surface area contributed by atoms with Crippen LogP contribution in [-0.4, -0.2) is 18.6 Å². The Morgan fingerprint density at radius 1 is 1.00 bits per heavy atom. The Kier molecular flexibility index (Phi) is 4.12. The minimum absolute atomic E-state index is 0.273. The Morgan fingerprint density at radius 3 is 2.52 bits per heavy atom. The standard InChI is InChI=1S/C16H11N3O3S3/c20-25(21,14-2-1-8-24-14)19-13-5-3-11(4-6-13)15-17-16(22-18-15)12-7-9-23-10-12/h1-10,19H. The number of anilines is 1. The molecule has 0 spiro atoms. The molecule has 0 aliphatic heterocycles. The summed E-state index contributed by atoms with van der Waals surface area (Å²) < 4.78 is 32.5. The van der Waals surface area contributed by atoms with Gasteiger partial charge in [0.2, 0.25) is 5.82 Å². The molecule has 0 unspecified atom stereocenters. The van der Waals surface area contributed by atoms with Gasteiger partial charge >= 0.3 is 0 Å². The largest absolute Gasteiger partial charge is 0.334 e. The van der Waals surface area contributed by atoms with Gasteiger partial charge in [0.15, 0.2) is 0 Å². The average molecular weight is 389 g/mol. The number of benzene rings is 1. The maximum absolute atomic E-state index is 12.2. The number of aromatic nitrogens is 2. The van der Waals surface area contributed by atoms with Gasteiger partial charge in [-0.25, -0.2) is 8.42 Å². The van der Waals surface area contributed by atoms with Crippen LogP contribution < -0.4 is 4.72 Å². The van der Waals surface area contributed by atoms with Gasteiger partial charge in [0, 0.05) is 16.6 Å². The molecule has 0 fully saturated rings. The average Bonchev–Trinajstić information content (AvgIpc) is 3.35. The summed E-state index contributed by atoms with van der Waals surface area (Å²) in [5.41, 5.74) is 2.09. The molecular weight excluding hydrogens is 378 g/mol. The van der Waals surface area contributed by atoms with Crippen molar-refractivity contribution in [3.8, 4) is 22.8 Å². The van der Waals surface area contributed by atoms with Crippen molar-refractivity contribution in [1.82, 2.24) is 10.1 Å². The summed E-state index contributed by atoms with van der Waals surface area (Å²) in [6.45, 7) is 0. The van der Waals surface area contributed by atoms with Crippen LogP contribution in [0.3, 0.4) is 0 Å². The quantitative estimate of drug-likeness (QED) is 0.549. The van der Waals surface area contributed by atoms with Gasteiger partial charge in [-0.15, -0.1) is 11.3 Å². The monoisotopic (exact) mass is 389 g/mol. The minimum atomic E-state index is -3.55. The summed E-state index contributed by atoms with van der Waals surface area (Å²) in [4.78, 5) is 4.36. The van der Waals surface area contributed by atoms with E-state index < -0.39 is 10.0 Å². The number of hydrogen-bond donors (Lipinski definition) is 1. The normalized spacial score (nSPS) is 11.5. The third-order valence-electron chi connectivity index (χ3n) is 3.35. The van der Waals surface area contributed by atoms with Crippen molar-refractivity contribution < 1.29 is 12.9 Å². The van der Waals surface area contributed by atoms with Crippen LogP contribution >= 0.6 is 22.7 Å². The van der Waals surface area contributed by atoms with Crippen LogP contribution in [0.1, 0.15) is 0 Å². The van der Waals surface area contributed by atoms with E-state index in [2.05, 4.69) is 14.9 Å². The SMILES string of the molecule is O=S(=O)(Nc1ccc(-c2noc(-c3ccsc3)n2)cc1)c1cccs1. The lowest BCUT2D eigenvalue weighted by molar-refractivity contribution is 0.432. The Labute approximate surface area is 151 Å². The van der Waals surface area contributed by atoms with Gasteiger partial charge < -0.3 is 4.52 Å². The molecule has 0 atom stereocenters. The number of nitrogens with one attached hydrogen (secondary N) is 1. The van der Waals surface area contributed by atoms with Gasteiger partial charge in [-0.1, -0.05) is 11.2 Å². The van der Waals surface area contributed by atoms with E-state index in [1.54, 1.807) is 53.1 Å². The maximum Gasteiger partial charge on any atom is 0.271 e. The molecule has 3 aromatic heterocycles. The number of hydrogen-bond acceptors (Lipinski definition) is 7. The van der Waals surface area contributed by atoms with Crippen molar-refractivity contribution in [2.24, 2.45) is 0 Å². The number of thiophene rings is 2. The Hall–Kier alpha value is -2.49. The topological polar surface area (TPSA) is 85.1 Å². The van der Waals surface area contributed by atoms with E-state index in [0.717, 1.165) is 11.1 Å². The van der Waals surface area contributed by atoms with Gasteiger partial charge in [-0.05, 0) is 47.2 Å². The van der Waals surface area contributed by atoms with Gasteiger partial charge in [0.25, 0.3) is 15.9 Å². The van der Waals surface area contributed by atoms with Crippen molar-refractivity contribution in [1.29, 1.82) is 0 Å². The molecule has 0 amide bonds. The molecule has 0 aliphatic rings. The maximum atomic E-state index is 12.2. The molecule has 0 bridgehead atoms. The smallest absolute Gasteiger partial charge is 0.271 e. The van der Waals surface area contributed by atoms with E-state index in [1.165, 1.54) is 11.3 Å². The summed E-state index contributed by atoms with van der Waals surface area (Å²) >= 11 is 2.72. The van der Waals surface area contributed by atoms with Gasteiger partial charge in [-0.2, -0.15) is 16.3 Å². The second-order valence-corrected chi connectivity index (χ2v) is 8.69. The summed E-state index contributed by atoms with van der Waals surface area (Å²) in [7, 11) is -3.55. The fourth-order valence-electron chi connectivity index (χ4n) is 2.15. The van der Waals surface area contributed by atoms with Crippen LogP contribution in [0.15, 0.2) is 67.3 Å². The van der Waals surface area contributed by atoms with E-state index in [-0.39, 0.29) is 4.21 Å². The number of rotatable bonds is 5. The first kappa shape index (κ1) is 16.0. The first-order valence-corrected chi connectivity index (χ1v) is 10.5. The first-order valence-electron chi connectivity index (χ1n) is 7.15. The van der Waals surface area contributed by atoms with E-state index in [9.17, 15) is 8.42 Å². The summed E-state index contributed by atoms with van der Waals surface area (Å²) in [5, 5.41) is 9.56. The van der Waals surface area contributed by atoms with Crippen molar-refractivity contribution >= 4 is 38.4 Å².